The predicted octanol–water partition coefficient (Wildman–Crippen LogP) is 3.64. The first-order valence-corrected chi connectivity index (χ1v) is 9.95. The van der Waals surface area contributed by atoms with Crippen molar-refractivity contribution >= 4 is 29.9 Å². The highest BCUT2D eigenvalue weighted by Gasteiger charge is 2.35. The number of benzene rings is 1. The van der Waals surface area contributed by atoms with Crippen LogP contribution in [0.1, 0.15) is 44.2 Å². The normalized spacial score (nSPS) is 16.5. The van der Waals surface area contributed by atoms with Crippen LogP contribution in [0, 0.1) is 6.92 Å². The van der Waals surface area contributed by atoms with Crippen molar-refractivity contribution in [1.82, 2.24) is 10.6 Å². The van der Waals surface area contributed by atoms with Gasteiger partial charge in [0.25, 0.3) is 0 Å². The van der Waals surface area contributed by atoms with Crippen molar-refractivity contribution in [2.75, 3.05) is 46.1 Å². The number of guanidine groups is 1. The van der Waals surface area contributed by atoms with Gasteiger partial charge in [-0.2, -0.15) is 0 Å². The molecule has 0 aliphatic carbocycles. The van der Waals surface area contributed by atoms with Gasteiger partial charge in [-0.05, 0) is 51.2 Å². The number of hydrogen-bond acceptors (Lipinski definition) is 3. The van der Waals surface area contributed by atoms with Gasteiger partial charge in [-0.15, -0.1) is 24.0 Å². The fourth-order valence-electron chi connectivity index (χ4n) is 3.54. The zero-order valence-corrected chi connectivity index (χ0v) is 19.4. The van der Waals surface area contributed by atoms with Gasteiger partial charge >= 0.3 is 0 Å². The van der Waals surface area contributed by atoms with Gasteiger partial charge in [-0.1, -0.05) is 24.3 Å². The summed E-state index contributed by atoms with van der Waals surface area (Å²) in [4.78, 5) is 4.94. The molecule has 1 aliphatic rings. The lowest BCUT2D eigenvalue weighted by atomic mass is 9.72. The molecule has 5 nitrogen and oxygen atoms in total. The summed E-state index contributed by atoms with van der Waals surface area (Å²) in [6.45, 7) is 12.0. The summed E-state index contributed by atoms with van der Waals surface area (Å²) in [7, 11) is 0. The standard InChI is InChI=1S/C21H35N3O2.HI/c1-4-22-20(23-13-8-14-25-5-2)24-17-21(11-15-26-16-12-21)19-10-7-6-9-18(19)3;/h6-7,9-10H,4-5,8,11-17H2,1-3H3,(H2,22,23,24);1H. The molecule has 1 aromatic rings. The minimum absolute atomic E-state index is 0. The maximum Gasteiger partial charge on any atom is 0.191 e. The second-order valence-electron chi connectivity index (χ2n) is 6.88. The summed E-state index contributed by atoms with van der Waals surface area (Å²) in [6, 6.07) is 8.71. The Labute approximate surface area is 181 Å². The SMILES string of the molecule is CCNC(=NCC1(c2ccccc2C)CCOCC1)NCCCOCC.I. The first-order valence-electron chi connectivity index (χ1n) is 9.95. The Morgan fingerprint density at radius 1 is 1.19 bits per heavy atom. The van der Waals surface area contributed by atoms with E-state index in [1.165, 1.54) is 11.1 Å². The van der Waals surface area contributed by atoms with Crippen LogP contribution < -0.4 is 10.6 Å². The Hall–Kier alpha value is -0.860. The molecule has 1 fully saturated rings. The molecule has 0 radical (unpaired) electrons. The third-order valence-corrected chi connectivity index (χ3v) is 5.01. The van der Waals surface area contributed by atoms with E-state index in [-0.39, 0.29) is 29.4 Å². The lowest BCUT2D eigenvalue weighted by Crippen LogP contribution is -2.42. The van der Waals surface area contributed by atoms with Gasteiger partial charge in [0.2, 0.25) is 0 Å². The van der Waals surface area contributed by atoms with Gasteiger partial charge in [0, 0.05) is 44.9 Å². The van der Waals surface area contributed by atoms with Crippen LogP contribution in [0.4, 0.5) is 0 Å². The molecular formula is C21H36IN3O2. The van der Waals surface area contributed by atoms with E-state index in [1.807, 2.05) is 6.92 Å². The summed E-state index contributed by atoms with van der Waals surface area (Å²) in [5.41, 5.74) is 2.83. The van der Waals surface area contributed by atoms with E-state index in [4.69, 9.17) is 14.5 Å². The van der Waals surface area contributed by atoms with Crippen molar-refractivity contribution in [1.29, 1.82) is 0 Å². The first-order chi connectivity index (χ1) is 12.7. The average Bonchev–Trinajstić information content (AvgIpc) is 2.67. The van der Waals surface area contributed by atoms with E-state index >= 15 is 0 Å². The van der Waals surface area contributed by atoms with Crippen molar-refractivity contribution in [2.24, 2.45) is 4.99 Å². The van der Waals surface area contributed by atoms with Gasteiger partial charge in [-0.25, -0.2) is 0 Å². The molecule has 0 saturated carbocycles. The number of nitrogens with one attached hydrogen (secondary N) is 2. The van der Waals surface area contributed by atoms with Crippen molar-refractivity contribution in [3.63, 3.8) is 0 Å². The Bertz CT molecular complexity index is 560. The predicted molar refractivity (Wildman–Crippen MR) is 123 cm³/mol. The molecular weight excluding hydrogens is 453 g/mol. The van der Waals surface area contributed by atoms with Crippen molar-refractivity contribution in [3.8, 4) is 0 Å². The lowest BCUT2D eigenvalue weighted by molar-refractivity contribution is 0.0529. The summed E-state index contributed by atoms with van der Waals surface area (Å²) in [6.07, 6.45) is 3.02. The molecule has 0 bridgehead atoms. The summed E-state index contributed by atoms with van der Waals surface area (Å²) in [5, 5.41) is 6.79. The second-order valence-corrected chi connectivity index (χ2v) is 6.88. The van der Waals surface area contributed by atoms with Gasteiger partial charge < -0.3 is 20.1 Å². The third kappa shape index (κ3) is 7.58. The van der Waals surface area contributed by atoms with Gasteiger partial charge in [0.05, 0.1) is 6.54 Å². The molecule has 0 atom stereocenters. The highest BCUT2D eigenvalue weighted by Crippen LogP contribution is 2.36. The molecule has 0 unspecified atom stereocenters. The van der Waals surface area contributed by atoms with E-state index in [9.17, 15) is 0 Å². The summed E-state index contributed by atoms with van der Waals surface area (Å²) < 4.78 is 11.1. The maximum absolute atomic E-state index is 5.65. The third-order valence-electron chi connectivity index (χ3n) is 5.01. The summed E-state index contributed by atoms with van der Waals surface area (Å²) in [5.74, 6) is 0.892. The number of ether oxygens (including phenoxy) is 2. The molecule has 1 saturated heterocycles. The second kappa shape index (κ2) is 13.3. The largest absolute Gasteiger partial charge is 0.382 e. The first kappa shape index (κ1) is 24.2. The average molecular weight is 489 g/mol. The molecule has 0 amide bonds. The Kier molecular flexibility index (Phi) is 11.9. The van der Waals surface area contributed by atoms with Crippen molar-refractivity contribution < 1.29 is 9.47 Å². The van der Waals surface area contributed by atoms with E-state index in [0.717, 1.165) is 71.3 Å². The topological polar surface area (TPSA) is 54.9 Å². The molecule has 2 rings (SSSR count). The molecule has 27 heavy (non-hydrogen) atoms. The van der Waals surface area contributed by atoms with Crippen LogP contribution in [0.5, 0.6) is 0 Å². The molecule has 1 aromatic carbocycles. The molecule has 154 valence electrons. The number of aliphatic imine (C=N–C) groups is 1. The van der Waals surface area contributed by atoms with Crippen LogP contribution in [0.3, 0.4) is 0 Å². The minimum atomic E-state index is 0. The van der Waals surface area contributed by atoms with Crippen molar-refractivity contribution in [3.05, 3.63) is 35.4 Å². The number of nitrogens with zero attached hydrogens (tertiary/aromatic N) is 1. The van der Waals surface area contributed by atoms with Crippen LogP contribution in [0.25, 0.3) is 0 Å². The molecule has 6 heteroatoms. The number of hydrogen-bond donors (Lipinski definition) is 2. The number of aryl methyl sites for hydroxylation is 1. The van der Waals surface area contributed by atoms with Crippen LogP contribution in [-0.4, -0.2) is 52.0 Å². The maximum atomic E-state index is 5.65. The smallest absolute Gasteiger partial charge is 0.191 e. The number of halogens is 1. The fraction of sp³-hybridized carbons (Fsp3) is 0.667. The number of rotatable bonds is 9. The Morgan fingerprint density at radius 3 is 2.59 bits per heavy atom. The van der Waals surface area contributed by atoms with Crippen LogP contribution in [0.15, 0.2) is 29.3 Å². The molecule has 2 N–H and O–H groups in total. The van der Waals surface area contributed by atoms with E-state index < -0.39 is 0 Å². The van der Waals surface area contributed by atoms with E-state index in [0.29, 0.717) is 0 Å². The van der Waals surface area contributed by atoms with Gasteiger partial charge in [0.15, 0.2) is 5.96 Å². The lowest BCUT2D eigenvalue weighted by Gasteiger charge is -2.37. The van der Waals surface area contributed by atoms with E-state index in [2.05, 4.69) is 48.7 Å². The summed E-state index contributed by atoms with van der Waals surface area (Å²) >= 11 is 0. The molecule has 0 aromatic heterocycles. The van der Waals surface area contributed by atoms with Crippen LogP contribution in [0.2, 0.25) is 0 Å². The van der Waals surface area contributed by atoms with Crippen LogP contribution >= 0.6 is 24.0 Å². The van der Waals surface area contributed by atoms with Gasteiger partial charge in [0.1, 0.15) is 0 Å². The van der Waals surface area contributed by atoms with Crippen molar-refractivity contribution in [2.45, 2.75) is 45.4 Å². The zero-order chi connectivity index (χ0) is 18.7. The quantitative estimate of drug-likeness (QED) is 0.241. The molecule has 0 spiro atoms. The van der Waals surface area contributed by atoms with Gasteiger partial charge in [-0.3, -0.25) is 4.99 Å². The molecule has 1 heterocycles. The van der Waals surface area contributed by atoms with Crippen LogP contribution in [-0.2, 0) is 14.9 Å². The highest BCUT2D eigenvalue weighted by molar-refractivity contribution is 14.0. The monoisotopic (exact) mass is 489 g/mol. The zero-order valence-electron chi connectivity index (χ0n) is 17.1. The Morgan fingerprint density at radius 2 is 1.93 bits per heavy atom. The fourth-order valence-corrected chi connectivity index (χ4v) is 3.54. The highest BCUT2D eigenvalue weighted by atomic mass is 127. The minimum Gasteiger partial charge on any atom is -0.382 e. The Balaban J connectivity index is 0.00000364. The molecule has 1 aliphatic heterocycles. The van der Waals surface area contributed by atoms with E-state index in [1.54, 1.807) is 0 Å².